The van der Waals surface area contributed by atoms with Crippen molar-refractivity contribution in [2.24, 2.45) is 5.84 Å². The molecule has 16 heavy (non-hydrogen) atoms. The van der Waals surface area contributed by atoms with Crippen LogP contribution in [0.25, 0.3) is 0 Å². The number of hydrazine groups is 1. The maximum atomic E-state index is 13.9. The number of benzene rings is 1. The van der Waals surface area contributed by atoms with Crippen molar-refractivity contribution < 1.29 is 9.13 Å². The molecule has 1 aromatic rings. The first kappa shape index (κ1) is 13.3. The predicted molar refractivity (Wildman–Crippen MR) is 66.0 cm³/mol. The molecular formula is C11H17FN2OS. The van der Waals surface area contributed by atoms with Crippen LogP contribution in [0.4, 0.5) is 4.39 Å². The summed E-state index contributed by atoms with van der Waals surface area (Å²) in [5, 5.41) is 0. The smallest absolute Gasteiger partial charge is 0.169 e. The van der Waals surface area contributed by atoms with E-state index in [1.165, 1.54) is 7.11 Å². The molecule has 90 valence electrons. The van der Waals surface area contributed by atoms with Gasteiger partial charge in [-0.1, -0.05) is 19.1 Å². The molecule has 0 radical (unpaired) electrons. The second-order valence-corrected chi connectivity index (χ2v) is 4.56. The van der Waals surface area contributed by atoms with E-state index in [9.17, 15) is 4.39 Å². The first-order chi connectivity index (χ1) is 7.74. The molecule has 1 unspecified atom stereocenters. The van der Waals surface area contributed by atoms with E-state index in [0.29, 0.717) is 5.56 Å². The van der Waals surface area contributed by atoms with Crippen molar-refractivity contribution >= 4 is 11.8 Å². The minimum Gasteiger partial charge on any atom is -0.494 e. The molecule has 1 rings (SSSR count). The minimum atomic E-state index is -0.343. The lowest BCUT2D eigenvalue weighted by Gasteiger charge is -2.17. The Labute approximate surface area is 99.5 Å². The number of thioether (sulfide) groups is 1. The van der Waals surface area contributed by atoms with Crippen molar-refractivity contribution in [2.75, 3.05) is 18.6 Å². The molecule has 5 heteroatoms. The molecule has 0 aromatic heterocycles. The fourth-order valence-corrected chi connectivity index (χ4v) is 2.17. The summed E-state index contributed by atoms with van der Waals surface area (Å²) in [6.07, 6.45) is 0. The highest BCUT2D eigenvalue weighted by Gasteiger charge is 2.16. The summed E-state index contributed by atoms with van der Waals surface area (Å²) in [7, 11) is 1.45. The average Bonchev–Trinajstić information content (AvgIpc) is 2.32. The fourth-order valence-electron chi connectivity index (χ4n) is 1.42. The molecule has 0 amide bonds. The van der Waals surface area contributed by atoms with Gasteiger partial charge < -0.3 is 4.74 Å². The van der Waals surface area contributed by atoms with Crippen LogP contribution in [0.1, 0.15) is 18.5 Å². The Morgan fingerprint density at radius 3 is 2.88 bits per heavy atom. The molecular weight excluding hydrogens is 227 g/mol. The lowest BCUT2D eigenvalue weighted by molar-refractivity contribution is 0.381. The summed E-state index contributed by atoms with van der Waals surface area (Å²) < 4.78 is 18.8. The number of nitrogens with one attached hydrogen (secondary N) is 1. The number of nitrogens with two attached hydrogens (primary N) is 1. The highest BCUT2D eigenvalue weighted by Crippen LogP contribution is 2.26. The largest absolute Gasteiger partial charge is 0.494 e. The number of hydrogen-bond donors (Lipinski definition) is 2. The molecule has 1 atom stereocenters. The molecule has 0 spiro atoms. The van der Waals surface area contributed by atoms with E-state index in [1.807, 2.05) is 0 Å². The average molecular weight is 244 g/mol. The van der Waals surface area contributed by atoms with E-state index in [2.05, 4.69) is 12.3 Å². The quantitative estimate of drug-likeness (QED) is 0.594. The van der Waals surface area contributed by atoms with E-state index < -0.39 is 0 Å². The summed E-state index contributed by atoms with van der Waals surface area (Å²) in [4.78, 5) is 0. The zero-order chi connectivity index (χ0) is 12.0. The van der Waals surface area contributed by atoms with E-state index in [-0.39, 0.29) is 17.6 Å². The molecule has 0 saturated heterocycles. The molecule has 0 aliphatic heterocycles. The third-order valence-corrected chi connectivity index (χ3v) is 3.26. The Balaban J connectivity index is 2.91. The highest BCUT2D eigenvalue weighted by molar-refractivity contribution is 7.99. The SMILES string of the molecule is CCSCC(NN)c1cccc(OC)c1F. The Kier molecular flexibility index (Phi) is 5.59. The van der Waals surface area contributed by atoms with Crippen LogP contribution in [0, 0.1) is 5.82 Å². The van der Waals surface area contributed by atoms with Crippen LogP contribution < -0.4 is 16.0 Å². The van der Waals surface area contributed by atoms with Crippen LogP contribution in [0.15, 0.2) is 18.2 Å². The van der Waals surface area contributed by atoms with E-state index in [4.69, 9.17) is 10.6 Å². The lowest BCUT2D eigenvalue weighted by atomic mass is 10.1. The van der Waals surface area contributed by atoms with Crippen molar-refractivity contribution in [1.82, 2.24) is 5.43 Å². The van der Waals surface area contributed by atoms with Gasteiger partial charge in [0.1, 0.15) is 0 Å². The number of rotatable bonds is 6. The number of methoxy groups -OCH3 is 1. The minimum absolute atomic E-state index is 0.194. The number of hydrogen-bond acceptors (Lipinski definition) is 4. The summed E-state index contributed by atoms with van der Waals surface area (Å²) in [5.74, 6) is 7.05. The van der Waals surface area contributed by atoms with Gasteiger partial charge in [0, 0.05) is 11.3 Å². The van der Waals surface area contributed by atoms with Crippen LogP contribution >= 0.6 is 11.8 Å². The summed E-state index contributed by atoms with van der Waals surface area (Å²) in [6, 6.07) is 4.89. The van der Waals surface area contributed by atoms with E-state index in [1.54, 1.807) is 30.0 Å². The molecule has 0 fully saturated rings. The van der Waals surface area contributed by atoms with E-state index >= 15 is 0 Å². The van der Waals surface area contributed by atoms with Gasteiger partial charge in [0.05, 0.1) is 13.2 Å². The third kappa shape index (κ3) is 3.10. The summed E-state index contributed by atoms with van der Waals surface area (Å²) >= 11 is 1.71. The van der Waals surface area contributed by atoms with Gasteiger partial charge in [0.15, 0.2) is 11.6 Å². The van der Waals surface area contributed by atoms with Gasteiger partial charge in [-0.15, -0.1) is 0 Å². The second kappa shape index (κ2) is 6.73. The fraction of sp³-hybridized carbons (Fsp3) is 0.455. The molecule has 1 aromatic carbocycles. The Morgan fingerprint density at radius 1 is 1.56 bits per heavy atom. The monoisotopic (exact) mass is 244 g/mol. The van der Waals surface area contributed by atoms with Crippen LogP contribution in [0.5, 0.6) is 5.75 Å². The van der Waals surface area contributed by atoms with Gasteiger partial charge in [-0.25, -0.2) is 4.39 Å². The van der Waals surface area contributed by atoms with Crippen LogP contribution in [-0.4, -0.2) is 18.6 Å². The normalized spacial score (nSPS) is 12.5. The topological polar surface area (TPSA) is 47.3 Å². The maximum absolute atomic E-state index is 13.9. The van der Waals surface area contributed by atoms with Crippen molar-refractivity contribution in [3.63, 3.8) is 0 Å². The Hall–Kier alpha value is -0.780. The molecule has 0 bridgehead atoms. The molecule has 3 N–H and O–H groups in total. The van der Waals surface area contributed by atoms with Gasteiger partial charge in [-0.05, 0) is 11.8 Å². The molecule has 0 saturated carbocycles. The molecule has 0 heterocycles. The van der Waals surface area contributed by atoms with Crippen LogP contribution in [0.3, 0.4) is 0 Å². The standard InChI is InChI=1S/C11H17FN2OS/c1-3-16-7-9(14-13)8-5-4-6-10(15-2)11(8)12/h4-6,9,14H,3,7,13H2,1-2H3. The molecule has 3 nitrogen and oxygen atoms in total. The number of halogens is 1. The van der Waals surface area contributed by atoms with Gasteiger partial charge in [-0.2, -0.15) is 11.8 Å². The highest BCUT2D eigenvalue weighted by atomic mass is 32.2. The van der Waals surface area contributed by atoms with Gasteiger partial charge >= 0.3 is 0 Å². The Bertz CT molecular complexity index is 336. The van der Waals surface area contributed by atoms with Crippen LogP contribution in [0.2, 0.25) is 0 Å². The van der Waals surface area contributed by atoms with E-state index in [0.717, 1.165) is 11.5 Å². The zero-order valence-electron chi connectivity index (χ0n) is 9.50. The van der Waals surface area contributed by atoms with Gasteiger partial charge in [0.25, 0.3) is 0 Å². The van der Waals surface area contributed by atoms with Gasteiger partial charge in [-0.3, -0.25) is 11.3 Å². The first-order valence-electron chi connectivity index (χ1n) is 5.10. The van der Waals surface area contributed by atoms with Crippen molar-refractivity contribution in [3.05, 3.63) is 29.6 Å². The third-order valence-electron chi connectivity index (χ3n) is 2.28. The zero-order valence-corrected chi connectivity index (χ0v) is 10.3. The number of ether oxygens (including phenoxy) is 1. The van der Waals surface area contributed by atoms with Gasteiger partial charge in [0.2, 0.25) is 0 Å². The predicted octanol–water partition coefficient (Wildman–Crippen LogP) is 2.09. The molecule has 0 aliphatic carbocycles. The van der Waals surface area contributed by atoms with Crippen LogP contribution in [-0.2, 0) is 0 Å². The van der Waals surface area contributed by atoms with Crippen molar-refractivity contribution in [1.29, 1.82) is 0 Å². The lowest BCUT2D eigenvalue weighted by Crippen LogP contribution is -2.30. The summed E-state index contributed by atoms with van der Waals surface area (Å²) in [5.41, 5.74) is 3.17. The Morgan fingerprint density at radius 2 is 2.31 bits per heavy atom. The van der Waals surface area contributed by atoms with Crippen molar-refractivity contribution in [2.45, 2.75) is 13.0 Å². The summed E-state index contributed by atoms with van der Waals surface area (Å²) in [6.45, 7) is 2.06. The molecule has 0 aliphatic rings. The maximum Gasteiger partial charge on any atom is 0.169 e. The van der Waals surface area contributed by atoms with Crippen molar-refractivity contribution in [3.8, 4) is 5.75 Å². The first-order valence-corrected chi connectivity index (χ1v) is 6.26. The second-order valence-electron chi connectivity index (χ2n) is 3.24.